The van der Waals surface area contributed by atoms with Crippen molar-refractivity contribution in [3.63, 3.8) is 0 Å². The van der Waals surface area contributed by atoms with Gasteiger partial charge < -0.3 is 10.7 Å². The smallest absolute Gasteiger partial charge is 0.127 e. The summed E-state index contributed by atoms with van der Waals surface area (Å²) in [7, 11) is 0. The Morgan fingerprint density at radius 2 is 2.18 bits per heavy atom. The number of H-pyrrole nitrogens is 1. The third-order valence-electron chi connectivity index (χ3n) is 2.46. The van der Waals surface area contributed by atoms with Crippen molar-refractivity contribution in [1.82, 2.24) is 9.97 Å². The molecule has 90 valence electrons. The second-order valence-corrected chi connectivity index (χ2v) is 4.42. The fourth-order valence-electron chi connectivity index (χ4n) is 1.66. The van der Waals surface area contributed by atoms with Crippen molar-refractivity contribution in [2.45, 2.75) is 5.92 Å². The van der Waals surface area contributed by atoms with Crippen molar-refractivity contribution in [1.29, 1.82) is 0 Å². The summed E-state index contributed by atoms with van der Waals surface area (Å²) in [6, 6.07) is 3.30. The van der Waals surface area contributed by atoms with Crippen molar-refractivity contribution in [3.8, 4) is 0 Å². The van der Waals surface area contributed by atoms with Crippen LogP contribution >= 0.6 is 15.9 Å². The van der Waals surface area contributed by atoms with E-state index >= 15 is 0 Å². The quantitative estimate of drug-likeness (QED) is 0.915. The number of aromatic nitrogens is 2. The minimum Gasteiger partial charge on any atom is -0.336 e. The van der Waals surface area contributed by atoms with Crippen molar-refractivity contribution in [3.05, 3.63) is 52.0 Å². The Balaban J connectivity index is 2.45. The summed E-state index contributed by atoms with van der Waals surface area (Å²) in [5.41, 5.74) is 5.80. The average Bonchev–Trinajstić information content (AvgIpc) is 2.71. The van der Waals surface area contributed by atoms with Gasteiger partial charge in [0, 0.05) is 12.1 Å². The highest BCUT2D eigenvalue weighted by atomic mass is 79.9. The molecule has 1 unspecified atom stereocenters. The molecule has 2 rings (SSSR count). The first-order valence-electron chi connectivity index (χ1n) is 4.97. The van der Waals surface area contributed by atoms with E-state index in [-0.39, 0.29) is 12.1 Å². The third-order valence-corrected chi connectivity index (χ3v) is 2.87. The van der Waals surface area contributed by atoms with E-state index in [0.717, 1.165) is 18.2 Å². The molecule has 0 aliphatic rings. The zero-order valence-corrected chi connectivity index (χ0v) is 10.3. The van der Waals surface area contributed by atoms with Gasteiger partial charge in [-0.15, -0.1) is 0 Å². The number of nitrogens with one attached hydrogen (secondary N) is 1. The van der Waals surface area contributed by atoms with Gasteiger partial charge in [0.05, 0.1) is 12.1 Å². The summed E-state index contributed by atoms with van der Waals surface area (Å²) in [6.45, 7) is 0.139. The van der Waals surface area contributed by atoms with E-state index in [4.69, 9.17) is 5.73 Å². The van der Waals surface area contributed by atoms with Gasteiger partial charge in [0.2, 0.25) is 0 Å². The lowest BCUT2D eigenvalue weighted by molar-refractivity contribution is 0.571. The highest BCUT2D eigenvalue weighted by molar-refractivity contribution is 9.10. The average molecular weight is 302 g/mol. The molecule has 0 aliphatic heterocycles. The standard InChI is InChI=1S/C11H10BrF2N3/c12-10-5-16-11(17-10)8(4-15)7-3-6(13)1-2-9(7)14/h1-3,5,8H,4,15H2,(H,16,17). The van der Waals surface area contributed by atoms with Gasteiger partial charge >= 0.3 is 0 Å². The van der Waals surface area contributed by atoms with Crippen LogP contribution in [0.4, 0.5) is 8.78 Å². The molecule has 17 heavy (non-hydrogen) atoms. The van der Waals surface area contributed by atoms with Crippen LogP contribution in [-0.2, 0) is 0 Å². The van der Waals surface area contributed by atoms with Gasteiger partial charge in [0.15, 0.2) is 0 Å². The minimum atomic E-state index is -0.495. The molecule has 0 aliphatic carbocycles. The normalized spacial score (nSPS) is 12.7. The van der Waals surface area contributed by atoms with E-state index in [0.29, 0.717) is 10.4 Å². The van der Waals surface area contributed by atoms with Crippen LogP contribution in [0.1, 0.15) is 17.3 Å². The van der Waals surface area contributed by atoms with Gasteiger partial charge in [-0.25, -0.2) is 13.8 Å². The molecule has 1 aromatic heterocycles. The Hall–Kier alpha value is -1.27. The molecular formula is C11H10BrF2N3. The van der Waals surface area contributed by atoms with Crippen LogP contribution in [0.2, 0.25) is 0 Å². The fourth-order valence-corrected chi connectivity index (χ4v) is 1.96. The van der Waals surface area contributed by atoms with Crippen LogP contribution in [0.15, 0.2) is 29.0 Å². The predicted molar refractivity (Wildman–Crippen MR) is 63.5 cm³/mol. The molecule has 3 nitrogen and oxygen atoms in total. The first kappa shape index (κ1) is 12.2. The van der Waals surface area contributed by atoms with Crippen molar-refractivity contribution in [2.24, 2.45) is 5.73 Å². The Morgan fingerprint density at radius 1 is 1.41 bits per heavy atom. The molecule has 0 saturated carbocycles. The number of halogens is 3. The molecule has 0 amide bonds. The molecule has 1 atom stereocenters. The zero-order chi connectivity index (χ0) is 12.4. The highest BCUT2D eigenvalue weighted by Crippen LogP contribution is 2.25. The van der Waals surface area contributed by atoms with E-state index in [1.807, 2.05) is 0 Å². The zero-order valence-electron chi connectivity index (χ0n) is 8.75. The summed E-state index contributed by atoms with van der Waals surface area (Å²) in [5.74, 6) is -0.972. The highest BCUT2D eigenvalue weighted by Gasteiger charge is 2.20. The summed E-state index contributed by atoms with van der Waals surface area (Å²) < 4.78 is 27.4. The SMILES string of the molecule is NCC(c1ncc(Br)[nH]1)c1cc(F)ccc1F. The number of rotatable bonds is 3. The van der Waals surface area contributed by atoms with Crippen LogP contribution in [0, 0.1) is 11.6 Å². The summed E-state index contributed by atoms with van der Waals surface area (Å²) >= 11 is 3.21. The maximum Gasteiger partial charge on any atom is 0.127 e. The number of benzene rings is 1. The van der Waals surface area contributed by atoms with E-state index in [2.05, 4.69) is 25.9 Å². The number of aromatic amines is 1. The first-order chi connectivity index (χ1) is 8.11. The van der Waals surface area contributed by atoms with Crippen molar-refractivity contribution < 1.29 is 8.78 Å². The molecule has 0 bridgehead atoms. The van der Waals surface area contributed by atoms with E-state index < -0.39 is 17.6 Å². The summed E-state index contributed by atoms with van der Waals surface area (Å²) in [5, 5.41) is 0. The Labute approximate surface area is 105 Å². The van der Waals surface area contributed by atoms with Gasteiger partial charge in [-0.3, -0.25) is 0 Å². The number of nitrogens with zero attached hydrogens (tertiary/aromatic N) is 1. The van der Waals surface area contributed by atoms with Gasteiger partial charge in [-0.2, -0.15) is 0 Å². The van der Waals surface area contributed by atoms with Gasteiger partial charge in [-0.1, -0.05) is 0 Å². The van der Waals surface area contributed by atoms with Crippen LogP contribution in [0.5, 0.6) is 0 Å². The number of hydrogen-bond acceptors (Lipinski definition) is 2. The monoisotopic (exact) mass is 301 g/mol. The molecular weight excluding hydrogens is 292 g/mol. The summed E-state index contributed by atoms with van der Waals surface area (Å²) in [6.07, 6.45) is 1.55. The Morgan fingerprint density at radius 3 is 2.76 bits per heavy atom. The van der Waals surface area contributed by atoms with Gasteiger partial charge in [0.25, 0.3) is 0 Å². The number of nitrogens with two attached hydrogens (primary N) is 1. The van der Waals surface area contributed by atoms with Crippen LogP contribution in [0.3, 0.4) is 0 Å². The van der Waals surface area contributed by atoms with E-state index in [1.54, 1.807) is 6.20 Å². The van der Waals surface area contributed by atoms with Crippen molar-refractivity contribution in [2.75, 3.05) is 6.54 Å². The van der Waals surface area contributed by atoms with E-state index in [1.165, 1.54) is 0 Å². The molecule has 1 heterocycles. The summed E-state index contributed by atoms with van der Waals surface area (Å²) in [4.78, 5) is 6.97. The third kappa shape index (κ3) is 2.53. The maximum absolute atomic E-state index is 13.6. The Bertz CT molecular complexity index is 527. The van der Waals surface area contributed by atoms with Gasteiger partial charge in [-0.05, 0) is 34.1 Å². The molecule has 0 spiro atoms. The fraction of sp³-hybridized carbons (Fsp3) is 0.182. The molecule has 6 heteroatoms. The van der Waals surface area contributed by atoms with Crippen LogP contribution in [0.25, 0.3) is 0 Å². The largest absolute Gasteiger partial charge is 0.336 e. The van der Waals surface area contributed by atoms with Crippen LogP contribution in [-0.4, -0.2) is 16.5 Å². The molecule has 0 saturated heterocycles. The second-order valence-electron chi connectivity index (χ2n) is 3.57. The molecule has 3 N–H and O–H groups in total. The maximum atomic E-state index is 13.6. The lowest BCUT2D eigenvalue weighted by atomic mass is 9.98. The minimum absolute atomic E-state index is 0.139. The van der Waals surface area contributed by atoms with Crippen molar-refractivity contribution >= 4 is 15.9 Å². The Kier molecular flexibility index (Phi) is 3.54. The molecule has 2 aromatic rings. The number of imidazole rings is 1. The van der Waals surface area contributed by atoms with Gasteiger partial charge in [0.1, 0.15) is 22.1 Å². The molecule has 0 radical (unpaired) electrons. The molecule has 1 aromatic carbocycles. The molecule has 0 fully saturated rings. The lowest BCUT2D eigenvalue weighted by Crippen LogP contribution is -2.16. The lowest BCUT2D eigenvalue weighted by Gasteiger charge is -2.13. The predicted octanol–water partition coefficient (Wildman–Crippen LogP) is 2.54. The topological polar surface area (TPSA) is 54.7 Å². The second kappa shape index (κ2) is 4.93. The van der Waals surface area contributed by atoms with E-state index in [9.17, 15) is 8.78 Å². The number of hydrogen-bond donors (Lipinski definition) is 2. The van der Waals surface area contributed by atoms with Crippen LogP contribution < -0.4 is 5.73 Å². The first-order valence-corrected chi connectivity index (χ1v) is 5.76.